The average molecular weight is 293 g/mol. The van der Waals surface area contributed by atoms with Gasteiger partial charge in [0.2, 0.25) is 5.91 Å². The van der Waals surface area contributed by atoms with Crippen molar-refractivity contribution >= 4 is 17.2 Å². The van der Waals surface area contributed by atoms with E-state index in [1.165, 1.54) is 12.1 Å². The molecule has 3 rings (SSSR count). The molecule has 2 aliphatic heterocycles. The SMILES string of the molecule is Cc1nc(CN2CC[C@@H]3[C@@H](CCCC(=O)N3C)C2)cs1. The highest BCUT2D eigenvalue weighted by Crippen LogP contribution is 2.30. The van der Waals surface area contributed by atoms with Crippen LogP contribution in [0.3, 0.4) is 0 Å². The van der Waals surface area contributed by atoms with Crippen molar-refractivity contribution in [2.75, 3.05) is 20.1 Å². The minimum atomic E-state index is 0.334. The molecule has 1 aromatic heterocycles. The molecule has 0 radical (unpaired) electrons. The average Bonchev–Trinajstić information content (AvgIpc) is 2.77. The molecule has 2 aliphatic rings. The number of hydrogen-bond donors (Lipinski definition) is 0. The molecular weight excluding hydrogens is 270 g/mol. The molecule has 2 fully saturated rings. The monoisotopic (exact) mass is 293 g/mol. The van der Waals surface area contributed by atoms with Gasteiger partial charge in [0.15, 0.2) is 0 Å². The van der Waals surface area contributed by atoms with Crippen LogP contribution in [0.25, 0.3) is 0 Å². The summed E-state index contributed by atoms with van der Waals surface area (Å²) in [6.45, 7) is 5.21. The fourth-order valence-electron chi connectivity index (χ4n) is 3.62. The molecule has 0 spiro atoms. The van der Waals surface area contributed by atoms with Gasteiger partial charge < -0.3 is 4.90 Å². The molecule has 0 N–H and O–H groups in total. The number of fused-ring (bicyclic) bond motifs is 1. The van der Waals surface area contributed by atoms with Gasteiger partial charge in [-0.3, -0.25) is 9.69 Å². The van der Waals surface area contributed by atoms with E-state index in [0.29, 0.717) is 17.9 Å². The van der Waals surface area contributed by atoms with Crippen LogP contribution in [0.5, 0.6) is 0 Å². The molecule has 5 heteroatoms. The third kappa shape index (κ3) is 2.88. The van der Waals surface area contributed by atoms with Gasteiger partial charge in [0.25, 0.3) is 0 Å². The maximum absolute atomic E-state index is 11.9. The normalized spacial score (nSPS) is 28.3. The van der Waals surface area contributed by atoms with Crippen molar-refractivity contribution in [1.29, 1.82) is 0 Å². The summed E-state index contributed by atoms with van der Waals surface area (Å²) in [5, 5.41) is 3.32. The smallest absolute Gasteiger partial charge is 0.222 e. The molecule has 3 heterocycles. The number of amides is 1. The Morgan fingerprint density at radius 2 is 2.30 bits per heavy atom. The van der Waals surface area contributed by atoms with Gasteiger partial charge in [-0.05, 0) is 32.1 Å². The largest absolute Gasteiger partial charge is 0.342 e. The van der Waals surface area contributed by atoms with Crippen LogP contribution in [0.2, 0.25) is 0 Å². The molecule has 1 amide bonds. The molecule has 2 saturated heterocycles. The minimum Gasteiger partial charge on any atom is -0.342 e. The van der Waals surface area contributed by atoms with Crippen molar-refractivity contribution in [2.24, 2.45) is 5.92 Å². The second kappa shape index (κ2) is 5.82. The summed E-state index contributed by atoms with van der Waals surface area (Å²) in [7, 11) is 1.99. The van der Waals surface area contributed by atoms with E-state index in [0.717, 1.165) is 43.9 Å². The number of thiazole rings is 1. The minimum absolute atomic E-state index is 0.334. The highest BCUT2D eigenvalue weighted by Gasteiger charge is 2.35. The fraction of sp³-hybridized carbons (Fsp3) is 0.733. The summed E-state index contributed by atoms with van der Waals surface area (Å²) in [5.41, 5.74) is 1.20. The Bertz CT molecular complexity index is 487. The third-order valence-electron chi connectivity index (χ3n) is 4.69. The van der Waals surface area contributed by atoms with Crippen LogP contribution in [0.1, 0.15) is 36.4 Å². The molecule has 0 aromatic carbocycles. The van der Waals surface area contributed by atoms with Gasteiger partial charge in [-0.25, -0.2) is 4.98 Å². The number of carbonyl (C=O) groups excluding carboxylic acids is 1. The first-order valence-corrected chi connectivity index (χ1v) is 8.40. The van der Waals surface area contributed by atoms with E-state index in [9.17, 15) is 4.79 Å². The topological polar surface area (TPSA) is 36.4 Å². The number of carbonyl (C=O) groups is 1. The van der Waals surface area contributed by atoms with E-state index in [1.54, 1.807) is 11.3 Å². The Kier molecular flexibility index (Phi) is 4.08. The van der Waals surface area contributed by atoms with Gasteiger partial charge in [-0.1, -0.05) is 0 Å². The van der Waals surface area contributed by atoms with Crippen molar-refractivity contribution in [2.45, 2.75) is 45.2 Å². The van der Waals surface area contributed by atoms with Crippen molar-refractivity contribution in [1.82, 2.24) is 14.8 Å². The Labute approximate surface area is 124 Å². The zero-order valence-corrected chi connectivity index (χ0v) is 13.2. The predicted octanol–water partition coefficient (Wildman–Crippen LogP) is 2.28. The number of piperidine rings is 1. The number of aryl methyl sites for hydroxylation is 1. The van der Waals surface area contributed by atoms with Crippen LogP contribution in [-0.2, 0) is 11.3 Å². The third-order valence-corrected chi connectivity index (χ3v) is 5.51. The summed E-state index contributed by atoms with van der Waals surface area (Å²) in [6, 6.07) is 0.457. The zero-order valence-electron chi connectivity index (χ0n) is 12.3. The summed E-state index contributed by atoms with van der Waals surface area (Å²) in [5.74, 6) is 0.973. The number of hydrogen-bond acceptors (Lipinski definition) is 4. The second-order valence-electron chi connectivity index (χ2n) is 6.11. The highest BCUT2D eigenvalue weighted by atomic mass is 32.1. The lowest BCUT2D eigenvalue weighted by molar-refractivity contribution is -0.132. The van der Waals surface area contributed by atoms with E-state index in [1.807, 2.05) is 11.9 Å². The van der Waals surface area contributed by atoms with Crippen LogP contribution < -0.4 is 0 Å². The number of aromatic nitrogens is 1. The standard InChI is InChI=1S/C15H23N3OS/c1-11-16-13(10-20-11)9-18-7-6-14-12(8-18)4-3-5-15(19)17(14)2/h10,12,14H,3-9H2,1-2H3/t12-,14+/m0/s1. The number of nitrogens with zero attached hydrogens (tertiary/aromatic N) is 3. The zero-order chi connectivity index (χ0) is 14.1. The van der Waals surface area contributed by atoms with Crippen LogP contribution in [0, 0.1) is 12.8 Å². The first-order chi connectivity index (χ1) is 9.63. The Morgan fingerprint density at radius 3 is 3.05 bits per heavy atom. The van der Waals surface area contributed by atoms with E-state index < -0.39 is 0 Å². The summed E-state index contributed by atoms with van der Waals surface area (Å²) >= 11 is 1.73. The van der Waals surface area contributed by atoms with Crippen LogP contribution in [-0.4, -0.2) is 46.9 Å². The number of rotatable bonds is 2. The van der Waals surface area contributed by atoms with Crippen LogP contribution >= 0.6 is 11.3 Å². The molecular formula is C15H23N3OS. The van der Waals surface area contributed by atoms with Crippen LogP contribution in [0.4, 0.5) is 0 Å². The van der Waals surface area contributed by atoms with Crippen molar-refractivity contribution in [3.8, 4) is 0 Å². The second-order valence-corrected chi connectivity index (χ2v) is 7.17. The van der Waals surface area contributed by atoms with E-state index in [4.69, 9.17) is 0 Å². The van der Waals surface area contributed by atoms with Crippen molar-refractivity contribution < 1.29 is 4.79 Å². The maximum Gasteiger partial charge on any atom is 0.222 e. The van der Waals surface area contributed by atoms with Gasteiger partial charge >= 0.3 is 0 Å². The van der Waals surface area contributed by atoms with Gasteiger partial charge in [0.05, 0.1) is 10.7 Å². The quantitative estimate of drug-likeness (QED) is 0.839. The summed E-state index contributed by atoms with van der Waals surface area (Å²) < 4.78 is 0. The number of likely N-dealkylation sites (tertiary alicyclic amines) is 2. The molecule has 4 nitrogen and oxygen atoms in total. The summed E-state index contributed by atoms with van der Waals surface area (Å²) in [6.07, 6.45) is 4.08. The Hall–Kier alpha value is -0.940. The molecule has 0 saturated carbocycles. The molecule has 1 aromatic rings. The maximum atomic E-state index is 11.9. The molecule has 0 bridgehead atoms. The van der Waals surface area contributed by atoms with Crippen LogP contribution in [0.15, 0.2) is 5.38 Å². The van der Waals surface area contributed by atoms with Crippen molar-refractivity contribution in [3.05, 3.63) is 16.1 Å². The lowest BCUT2D eigenvalue weighted by atomic mass is 9.88. The van der Waals surface area contributed by atoms with Gasteiger partial charge in [-0.2, -0.15) is 0 Å². The lowest BCUT2D eigenvalue weighted by Crippen LogP contribution is -2.50. The predicted molar refractivity (Wildman–Crippen MR) is 80.6 cm³/mol. The molecule has 20 heavy (non-hydrogen) atoms. The van der Waals surface area contributed by atoms with Gasteiger partial charge in [-0.15, -0.1) is 11.3 Å². The van der Waals surface area contributed by atoms with Gasteiger partial charge in [0, 0.05) is 44.5 Å². The van der Waals surface area contributed by atoms with E-state index >= 15 is 0 Å². The first-order valence-electron chi connectivity index (χ1n) is 7.52. The summed E-state index contributed by atoms with van der Waals surface area (Å²) in [4.78, 5) is 21.0. The molecule has 110 valence electrons. The Balaban J connectivity index is 1.64. The highest BCUT2D eigenvalue weighted by molar-refractivity contribution is 7.09. The van der Waals surface area contributed by atoms with E-state index in [2.05, 4.69) is 22.2 Å². The molecule has 0 unspecified atom stereocenters. The van der Waals surface area contributed by atoms with E-state index in [-0.39, 0.29) is 0 Å². The van der Waals surface area contributed by atoms with Gasteiger partial charge in [0.1, 0.15) is 0 Å². The molecule has 2 atom stereocenters. The first kappa shape index (κ1) is 14.0. The lowest BCUT2D eigenvalue weighted by Gasteiger charge is -2.41. The van der Waals surface area contributed by atoms with Crippen molar-refractivity contribution in [3.63, 3.8) is 0 Å². The fourth-order valence-corrected chi connectivity index (χ4v) is 4.22. The Morgan fingerprint density at radius 1 is 1.45 bits per heavy atom. The molecule has 0 aliphatic carbocycles.